The van der Waals surface area contributed by atoms with Crippen molar-refractivity contribution in [3.63, 3.8) is 0 Å². The molecule has 0 aliphatic rings. The van der Waals surface area contributed by atoms with E-state index in [0.717, 1.165) is 0 Å². The van der Waals surface area contributed by atoms with Gasteiger partial charge < -0.3 is 12.9 Å². The van der Waals surface area contributed by atoms with Crippen molar-refractivity contribution in [1.82, 2.24) is 0 Å². The summed E-state index contributed by atoms with van der Waals surface area (Å²) in [5.41, 5.74) is -3.21. The molecule has 9 heteroatoms. The third-order valence-electron chi connectivity index (χ3n) is 1.98. The first-order chi connectivity index (χ1) is 7.46. The summed E-state index contributed by atoms with van der Waals surface area (Å²) in [5, 5.41) is 0. The van der Waals surface area contributed by atoms with Gasteiger partial charge in [0.25, 0.3) is 0 Å². The fraction of sp³-hybridized carbons (Fsp3) is 0.250. The minimum Gasteiger partial charge on any atom is -0.445 e. The van der Waals surface area contributed by atoms with Crippen LogP contribution in [-0.4, -0.2) is 13.2 Å². The molecule has 0 heterocycles. The average Bonchev–Trinajstić information content (AvgIpc) is 2.15. The molecule has 0 spiro atoms. The van der Waals surface area contributed by atoms with Crippen molar-refractivity contribution < 1.29 is 34.9 Å². The van der Waals surface area contributed by atoms with Crippen LogP contribution < -0.4 is 5.46 Å². The van der Waals surface area contributed by atoms with Crippen LogP contribution in [0.5, 0.6) is 0 Å². The van der Waals surface area contributed by atoms with Crippen molar-refractivity contribution in [3.05, 3.63) is 29.8 Å². The van der Waals surface area contributed by atoms with E-state index in [2.05, 4.69) is 0 Å². The largest absolute Gasteiger partial charge is 0.509 e. The molecule has 1 aromatic rings. The molecule has 0 aliphatic carbocycles. The standard InChI is InChI=1S/C8H4BF8/c10-7(11,8(12,13)14)5-2-1-3-6(4-5)9(15,16)17/h1-4H/q-1. The van der Waals surface area contributed by atoms with Crippen LogP contribution in [0.2, 0.25) is 0 Å². The Labute approximate surface area is 90.3 Å². The molecule has 0 fully saturated rings. The Balaban J connectivity index is 3.26. The Kier molecular flexibility index (Phi) is 3.15. The first kappa shape index (κ1) is 13.8. The molecule has 0 nitrogen and oxygen atoms in total. The Bertz CT molecular complexity index is 405. The summed E-state index contributed by atoms with van der Waals surface area (Å²) < 4.78 is 97.8. The third kappa shape index (κ3) is 2.70. The molecule has 0 saturated carbocycles. The smallest absolute Gasteiger partial charge is 0.445 e. The van der Waals surface area contributed by atoms with E-state index in [-0.39, 0.29) is 6.07 Å². The highest BCUT2D eigenvalue weighted by Gasteiger charge is 2.58. The number of benzene rings is 1. The Morgan fingerprint density at radius 2 is 1.41 bits per heavy atom. The Morgan fingerprint density at radius 3 is 1.82 bits per heavy atom. The van der Waals surface area contributed by atoms with E-state index >= 15 is 0 Å². The number of hydrogen-bond donors (Lipinski definition) is 0. The molecule has 0 amide bonds. The zero-order valence-electron chi connectivity index (χ0n) is 7.91. The summed E-state index contributed by atoms with van der Waals surface area (Å²) in [4.78, 5) is 0. The molecule has 17 heavy (non-hydrogen) atoms. The van der Waals surface area contributed by atoms with Crippen LogP contribution in [-0.2, 0) is 5.92 Å². The molecule has 96 valence electrons. The van der Waals surface area contributed by atoms with E-state index in [1.54, 1.807) is 0 Å². The lowest BCUT2D eigenvalue weighted by atomic mass is 9.79. The number of halogens is 8. The van der Waals surface area contributed by atoms with Crippen molar-refractivity contribution in [2.24, 2.45) is 0 Å². The molecule has 1 aromatic carbocycles. The molecule has 0 bridgehead atoms. The fourth-order valence-electron chi connectivity index (χ4n) is 1.10. The molecule has 0 N–H and O–H groups in total. The number of alkyl halides is 5. The minimum atomic E-state index is -5.93. The van der Waals surface area contributed by atoms with Gasteiger partial charge >= 0.3 is 19.1 Å². The second-order valence-electron chi connectivity index (χ2n) is 3.27. The lowest BCUT2D eigenvalue weighted by Gasteiger charge is -2.22. The van der Waals surface area contributed by atoms with Crippen LogP contribution in [0.1, 0.15) is 5.56 Å². The molecule has 0 radical (unpaired) electrons. The van der Waals surface area contributed by atoms with Crippen molar-refractivity contribution in [2.45, 2.75) is 12.1 Å². The lowest BCUT2D eigenvalue weighted by molar-refractivity contribution is -0.289. The lowest BCUT2D eigenvalue weighted by Crippen LogP contribution is -2.38. The third-order valence-corrected chi connectivity index (χ3v) is 1.98. The zero-order valence-corrected chi connectivity index (χ0v) is 7.91. The molecule has 0 saturated heterocycles. The van der Waals surface area contributed by atoms with Crippen molar-refractivity contribution >= 4 is 12.4 Å². The Morgan fingerprint density at radius 1 is 0.882 bits per heavy atom. The maximum absolute atomic E-state index is 12.7. The summed E-state index contributed by atoms with van der Waals surface area (Å²) in [6, 6.07) is 1.07. The number of hydrogen-bond acceptors (Lipinski definition) is 0. The van der Waals surface area contributed by atoms with Crippen LogP contribution in [0.15, 0.2) is 24.3 Å². The van der Waals surface area contributed by atoms with Gasteiger partial charge in [-0.25, -0.2) is 0 Å². The monoisotopic (exact) mass is 263 g/mol. The highest BCUT2D eigenvalue weighted by Crippen LogP contribution is 2.43. The zero-order chi connectivity index (χ0) is 13.5. The molecule has 0 aromatic heterocycles. The normalized spacial score (nSPS) is 13.9. The van der Waals surface area contributed by atoms with E-state index in [1.165, 1.54) is 0 Å². The molecule has 1 rings (SSSR count). The van der Waals surface area contributed by atoms with Gasteiger partial charge in [-0.15, -0.1) is 5.46 Å². The van der Waals surface area contributed by atoms with Gasteiger partial charge in [-0.2, -0.15) is 22.0 Å². The highest BCUT2D eigenvalue weighted by molar-refractivity contribution is 6.73. The first-order valence-corrected chi connectivity index (χ1v) is 4.21. The molecular weight excluding hydrogens is 259 g/mol. The maximum atomic E-state index is 12.7. The highest BCUT2D eigenvalue weighted by atomic mass is 19.4. The summed E-state index contributed by atoms with van der Waals surface area (Å²) in [6.45, 7) is -5.62. The number of rotatable bonds is 2. The second kappa shape index (κ2) is 3.88. The Hall–Kier alpha value is -1.28. The van der Waals surface area contributed by atoms with Gasteiger partial charge in [-0.3, -0.25) is 0 Å². The van der Waals surface area contributed by atoms with Crippen molar-refractivity contribution in [3.8, 4) is 0 Å². The van der Waals surface area contributed by atoms with Crippen LogP contribution in [0.4, 0.5) is 34.9 Å². The van der Waals surface area contributed by atoms with Gasteiger partial charge in [-0.1, -0.05) is 24.3 Å². The molecule has 0 atom stereocenters. The van der Waals surface area contributed by atoms with Gasteiger partial charge in [0, 0.05) is 5.56 Å². The van der Waals surface area contributed by atoms with Crippen molar-refractivity contribution in [1.29, 1.82) is 0 Å². The van der Waals surface area contributed by atoms with Crippen LogP contribution >= 0.6 is 0 Å². The summed E-state index contributed by atoms with van der Waals surface area (Å²) in [6.07, 6.45) is -5.93. The molecule has 0 aliphatic heterocycles. The van der Waals surface area contributed by atoms with Gasteiger partial charge in [-0.05, 0) is 0 Å². The molecule has 0 unspecified atom stereocenters. The first-order valence-electron chi connectivity index (χ1n) is 4.21. The van der Waals surface area contributed by atoms with Gasteiger partial charge in [0.15, 0.2) is 0 Å². The summed E-state index contributed by atoms with van der Waals surface area (Å²) in [7, 11) is 0. The van der Waals surface area contributed by atoms with E-state index in [0.29, 0.717) is 18.2 Å². The molecular formula is C8H4BF8-. The minimum absolute atomic E-state index is 0.187. The topological polar surface area (TPSA) is 0 Å². The second-order valence-corrected chi connectivity index (χ2v) is 3.27. The van der Waals surface area contributed by atoms with Crippen LogP contribution in [0.3, 0.4) is 0 Å². The van der Waals surface area contributed by atoms with E-state index in [9.17, 15) is 34.9 Å². The van der Waals surface area contributed by atoms with Gasteiger partial charge in [0.2, 0.25) is 0 Å². The van der Waals surface area contributed by atoms with Crippen LogP contribution in [0.25, 0.3) is 0 Å². The van der Waals surface area contributed by atoms with E-state index in [4.69, 9.17) is 0 Å². The SMILES string of the molecule is F[B-](F)(F)c1cccc(C(F)(F)C(F)(F)F)c1. The van der Waals surface area contributed by atoms with Gasteiger partial charge in [0.05, 0.1) is 0 Å². The predicted octanol–water partition coefficient (Wildman–Crippen LogP) is 3.40. The van der Waals surface area contributed by atoms with Crippen LogP contribution in [0, 0.1) is 0 Å². The van der Waals surface area contributed by atoms with Gasteiger partial charge in [0.1, 0.15) is 0 Å². The maximum Gasteiger partial charge on any atom is 0.509 e. The van der Waals surface area contributed by atoms with E-state index in [1.807, 2.05) is 0 Å². The predicted molar refractivity (Wildman–Crippen MR) is 45.1 cm³/mol. The van der Waals surface area contributed by atoms with Crippen molar-refractivity contribution in [2.75, 3.05) is 0 Å². The average molecular weight is 263 g/mol. The summed E-state index contributed by atoms with van der Waals surface area (Å²) >= 11 is 0. The van der Waals surface area contributed by atoms with E-state index < -0.39 is 30.1 Å². The fourth-order valence-corrected chi connectivity index (χ4v) is 1.10. The quantitative estimate of drug-likeness (QED) is 0.566. The summed E-state index contributed by atoms with van der Waals surface area (Å²) in [5.74, 6) is -5.30.